The fourth-order valence-corrected chi connectivity index (χ4v) is 1.80. The van der Waals surface area contributed by atoms with E-state index in [0.717, 1.165) is 12.1 Å². The summed E-state index contributed by atoms with van der Waals surface area (Å²) in [4.78, 5) is 26.6. The summed E-state index contributed by atoms with van der Waals surface area (Å²) in [6, 6.07) is 1.72. The molecule has 0 saturated heterocycles. The molecule has 7 heteroatoms. The van der Waals surface area contributed by atoms with Gasteiger partial charge in [-0.25, -0.2) is 0 Å². The molecule has 0 aliphatic rings. The van der Waals surface area contributed by atoms with E-state index in [0.29, 0.717) is 18.8 Å². The Labute approximate surface area is 118 Å². The molecule has 0 saturated carbocycles. The Morgan fingerprint density at radius 3 is 2.45 bits per heavy atom. The van der Waals surface area contributed by atoms with Gasteiger partial charge in [-0.15, -0.1) is 0 Å². The SMILES string of the molecule is CCc1cc(C(=O)N(CCN(C)C)CC(=O)O)n(C)n1. The van der Waals surface area contributed by atoms with E-state index >= 15 is 0 Å². The van der Waals surface area contributed by atoms with E-state index in [4.69, 9.17) is 5.11 Å². The molecule has 1 rings (SSSR count). The van der Waals surface area contributed by atoms with Gasteiger partial charge in [0.1, 0.15) is 12.2 Å². The van der Waals surface area contributed by atoms with Crippen molar-refractivity contribution in [3.05, 3.63) is 17.5 Å². The van der Waals surface area contributed by atoms with E-state index < -0.39 is 5.97 Å². The van der Waals surface area contributed by atoms with Crippen LogP contribution in [-0.2, 0) is 18.3 Å². The molecule has 7 nitrogen and oxygen atoms in total. The van der Waals surface area contributed by atoms with Gasteiger partial charge in [-0.3, -0.25) is 14.3 Å². The van der Waals surface area contributed by atoms with Crippen LogP contribution >= 0.6 is 0 Å². The highest BCUT2D eigenvalue weighted by Gasteiger charge is 2.22. The zero-order valence-electron chi connectivity index (χ0n) is 12.5. The third-order valence-electron chi connectivity index (χ3n) is 2.94. The number of hydrogen-bond acceptors (Lipinski definition) is 4. The van der Waals surface area contributed by atoms with Crippen LogP contribution in [0.3, 0.4) is 0 Å². The summed E-state index contributed by atoms with van der Waals surface area (Å²) in [5, 5.41) is 13.2. The molecule has 0 unspecified atom stereocenters. The van der Waals surface area contributed by atoms with Crippen LogP contribution in [0.5, 0.6) is 0 Å². The molecule has 0 aliphatic heterocycles. The van der Waals surface area contributed by atoms with Gasteiger partial charge in [0.05, 0.1) is 5.69 Å². The second-order valence-corrected chi connectivity index (χ2v) is 4.92. The van der Waals surface area contributed by atoms with E-state index in [9.17, 15) is 9.59 Å². The van der Waals surface area contributed by atoms with Gasteiger partial charge >= 0.3 is 5.97 Å². The average molecular weight is 282 g/mol. The lowest BCUT2D eigenvalue weighted by Gasteiger charge is -2.22. The zero-order valence-corrected chi connectivity index (χ0v) is 12.5. The standard InChI is InChI=1S/C13H22N4O3/c1-5-10-8-11(16(4)14-10)13(20)17(9-12(18)19)7-6-15(2)3/h8H,5-7,9H2,1-4H3,(H,18,19). The van der Waals surface area contributed by atoms with E-state index in [1.54, 1.807) is 13.1 Å². The Bertz CT molecular complexity index is 482. The molecule has 0 spiro atoms. The van der Waals surface area contributed by atoms with Crippen molar-refractivity contribution in [2.24, 2.45) is 7.05 Å². The topological polar surface area (TPSA) is 78.7 Å². The van der Waals surface area contributed by atoms with Crippen LogP contribution in [0.2, 0.25) is 0 Å². The second-order valence-electron chi connectivity index (χ2n) is 4.92. The van der Waals surface area contributed by atoms with Crippen LogP contribution < -0.4 is 0 Å². The largest absolute Gasteiger partial charge is 0.480 e. The summed E-state index contributed by atoms with van der Waals surface area (Å²) in [7, 11) is 5.45. The Hall–Kier alpha value is -1.89. The summed E-state index contributed by atoms with van der Waals surface area (Å²) < 4.78 is 1.51. The molecule has 1 N–H and O–H groups in total. The maximum absolute atomic E-state index is 12.4. The number of carboxylic acids is 1. The number of aryl methyl sites for hydroxylation is 2. The Morgan fingerprint density at radius 1 is 1.35 bits per heavy atom. The molecule has 112 valence electrons. The van der Waals surface area contributed by atoms with Gasteiger partial charge in [0.2, 0.25) is 0 Å². The summed E-state index contributed by atoms with van der Waals surface area (Å²) in [5.41, 5.74) is 1.24. The van der Waals surface area contributed by atoms with Crippen LogP contribution in [0, 0.1) is 0 Å². The molecule has 1 aromatic heterocycles. The summed E-state index contributed by atoms with van der Waals surface area (Å²) >= 11 is 0. The van der Waals surface area contributed by atoms with Crippen molar-refractivity contribution >= 4 is 11.9 Å². The number of rotatable bonds is 7. The first-order valence-electron chi connectivity index (χ1n) is 6.53. The van der Waals surface area contributed by atoms with Crippen molar-refractivity contribution in [2.75, 3.05) is 33.7 Å². The summed E-state index contributed by atoms with van der Waals surface area (Å²) in [6.45, 7) is 2.62. The van der Waals surface area contributed by atoms with Crippen molar-refractivity contribution < 1.29 is 14.7 Å². The van der Waals surface area contributed by atoms with Gasteiger partial charge < -0.3 is 14.9 Å². The molecule has 20 heavy (non-hydrogen) atoms. The highest BCUT2D eigenvalue weighted by atomic mass is 16.4. The monoisotopic (exact) mass is 282 g/mol. The Morgan fingerprint density at radius 2 is 2.00 bits per heavy atom. The number of carbonyl (C=O) groups excluding carboxylic acids is 1. The molecular formula is C13H22N4O3. The Balaban J connectivity index is 2.90. The molecule has 1 aromatic rings. The molecule has 0 aliphatic carbocycles. The first-order chi connectivity index (χ1) is 9.35. The van der Waals surface area contributed by atoms with Crippen LogP contribution in [0.25, 0.3) is 0 Å². The smallest absolute Gasteiger partial charge is 0.323 e. The highest BCUT2D eigenvalue weighted by Crippen LogP contribution is 2.08. The van der Waals surface area contributed by atoms with Crippen molar-refractivity contribution in [2.45, 2.75) is 13.3 Å². The fraction of sp³-hybridized carbons (Fsp3) is 0.615. The number of nitrogens with zero attached hydrogens (tertiary/aromatic N) is 4. The van der Waals surface area contributed by atoms with Crippen LogP contribution in [-0.4, -0.2) is 70.3 Å². The van der Waals surface area contributed by atoms with E-state index in [1.165, 1.54) is 9.58 Å². The number of amides is 1. The van der Waals surface area contributed by atoms with Gasteiger partial charge in [0.25, 0.3) is 5.91 Å². The minimum atomic E-state index is -1.02. The number of aliphatic carboxylic acids is 1. The molecule has 0 radical (unpaired) electrons. The lowest BCUT2D eigenvalue weighted by Crippen LogP contribution is -2.40. The fourth-order valence-electron chi connectivity index (χ4n) is 1.80. The van der Waals surface area contributed by atoms with Crippen LogP contribution in [0.1, 0.15) is 23.1 Å². The van der Waals surface area contributed by atoms with Crippen LogP contribution in [0.4, 0.5) is 0 Å². The van der Waals surface area contributed by atoms with Crippen molar-refractivity contribution in [3.8, 4) is 0 Å². The number of carbonyl (C=O) groups is 2. The first kappa shape index (κ1) is 16.2. The third kappa shape index (κ3) is 4.34. The second kappa shape index (κ2) is 7.04. The maximum Gasteiger partial charge on any atom is 0.323 e. The predicted octanol–water partition coefficient (Wildman–Crippen LogP) is 0.0709. The zero-order chi connectivity index (χ0) is 15.3. The van der Waals surface area contributed by atoms with E-state index in [1.807, 2.05) is 25.9 Å². The minimum Gasteiger partial charge on any atom is -0.480 e. The molecule has 1 amide bonds. The molecule has 0 bridgehead atoms. The summed E-state index contributed by atoms with van der Waals surface area (Å²) in [5.74, 6) is -1.32. The van der Waals surface area contributed by atoms with Crippen LogP contribution in [0.15, 0.2) is 6.07 Å². The molecule has 0 aromatic carbocycles. The number of aromatic nitrogens is 2. The van der Waals surface area contributed by atoms with E-state index in [2.05, 4.69) is 5.10 Å². The Kier molecular flexibility index (Phi) is 5.69. The maximum atomic E-state index is 12.4. The number of carboxylic acid groups (broad SMARTS) is 1. The quantitative estimate of drug-likeness (QED) is 0.765. The first-order valence-corrected chi connectivity index (χ1v) is 6.53. The van der Waals surface area contributed by atoms with Gasteiger partial charge in [-0.1, -0.05) is 6.92 Å². The number of likely N-dealkylation sites (N-methyl/N-ethyl adjacent to an activating group) is 1. The molecule has 0 fully saturated rings. The molecule has 0 atom stereocenters. The predicted molar refractivity (Wildman–Crippen MR) is 74.7 cm³/mol. The lowest BCUT2D eigenvalue weighted by molar-refractivity contribution is -0.137. The van der Waals surface area contributed by atoms with Gasteiger partial charge in [0, 0.05) is 20.1 Å². The van der Waals surface area contributed by atoms with Crippen molar-refractivity contribution in [3.63, 3.8) is 0 Å². The lowest BCUT2D eigenvalue weighted by atomic mass is 10.2. The van der Waals surface area contributed by atoms with Crippen molar-refractivity contribution in [1.82, 2.24) is 19.6 Å². The van der Waals surface area contributed by atoms with Gasteiger partial charge in [-0.05, 0) is 26.6 Å². The van der Waals surface area contributed by atoms with Gasteiger partial charge in [-0.2, -0.15) is 5.10 Å². The van der Waals surface area contributed by atoms with E-state index in [-0.39, 0.29) is 12.5 Å². The third-order valence-corrected chi connectivity index (χ3v) is 2.94. The average Bonchev–Trinajstić information content (AvgIpc) is 2.74. The summed E-state index contributed by atoms with van der Waals surface area (Å²) in [6.07, 6.45) is 0.734. The van der Waals surface area contributed by atoms with Crippen molar-refractivity contribution in [1.29, 1.82) is 0 Å². The highest BCUT2D eigenvalue weighted by molar-refractivity contribution is 5.94. The van der Waals surface area contributed by atoms with Gasteiger partial charge in [0.15, 0.2) is 0 Å². The normalized spacial score (nSPS) is 10.8. The minimum absolute atomic E-state index is 0.302. The number of hydrogen-bond donors (Lipinski definition) is 1. The molecular weight excluding hydrogens is 260 g/mol. The molecule has 1 heterocycles.